The molecule has 1 unspecified atom stereocenters. The van der Waals surface area contributed by atoms with Gasteiger partial charge in [0.1, 0.15) is 11.6 Å². The first-order valence-electron chi connectivity index (χ1n) is 7.40. The Morgan fingerprint density at radius 2 is 1.73 bits per heavy atom. The van der Waals surface area contributed by atoms with Gasteiger partial charge in [-0.25, -0.2) is 8.78 Å². The third-order valence-electron chi connectivity index (χ3n) is 3.97. The summed E-state index contributed by atoms with van der Waals surface area (Å²) in [4.78, 5) is 14.3. The van der Waals surface area contributed by atoms with Crippen LogP contribution in [0.2, 0.25) is 0 Å². The van der Waals surface area contributed by atoms with Gasteiger partial charge in [0, 0.05) is 19.0 Å². The Kier molecular flexibility index (Phi) is 4.29. The second kappa shape index (κ2) is 6.36. The lowest BCUT2D eigenvalue weighted by atomic mass is 9.93. The molecule has 1 aliphatic rings. The first kappa shape index (κ1) is 14.9. The molecule has 0 radical (unpaired) electrons. The van der Waals surface area contributed by atoms with Crippen LogP contribution >= 0.6 is 0 Å². The SMILES string of the molecule is O=C1CCCN(Cc2ccccc2)C1c1cc(F)cc(F)c1. The second-order valence-electron chi connectivity index (χ2n) is 5.63. The van der Waals surface area contributed by atoms with E-state index < -0.39 is 17.7 Å². The maximum absolute atomic E-state index is 13.5. The summed E-state index contributed by atoms with van der Waals surface area (Å²) in [5.74, 6) is -1.27. The molecule has 2 nitrogen and oxygen atoms in total. The molecule has 0 saturated carbocycles. The molecule has 22 heavy (non-hydrogen) atoms. The summed E-state index contributed by atoms with van der Waals surface area (Å²) < 4.78 is 27.0. The van der Waals surface area contributed by atoms with Gasteiger partial charge in [-0.3, -0.25) is 9.69 Å². The molecular weight excluding hydrogens is 284 g/mol. The molecule has 2 aromatic rings. The molecule has 1 fully saturated rings. The summed E-state index contributed by atoms with van der Waals surface area (Å²) in [5.41, 5.74) is 1.48. The molecule has 0 aromatic heterocycles. The van der Waals surface area contributed by atoms with Crippen LogP contribution in [0.4, 0.5) is 8.78 Å². The van der Waals surface area contributed by atoms with Crippen LogP contribution in [0.3, 0.4) is 0 Å². The van der Waals surface area contributed by atoms with Crippen LogP contribution < -0.4 is 0 Å². The average Bonchev–Trinajstić information content (AvgIpc) is 2.47. The number of rotatable bonds is 3. The molecule has 0 aliphatic carbocycles. The van der Waals surface area contributed by atoms with E-state index in [4.69, 9.17) is 0 Å². The Balaban J connectivity index is 1.91. The highest BCUT2D eigenvalue weighted by atomic mass is 19.1. The Morgan fingerprint density at radius 3 is 2.41 bits per heavy atom. The molecular formula is C18H17F2NO. The first-order valence-corrected chi connectivity index (χ1v) is 7.40. The van der Waals surface area contributed by atoms with Crippen LogP contribution in [0.5, 0.6) is 0 Å². The fourth-order valence-corrected chi connectivity index (χ4v) is 3.04. The molecule has 1 atom stereocenters. The number of nitrogens with zero attached hydrogens (tertiary/aromatic N) is 1. The molecule has 4 heteroatoms. The summed E-state index contributed by atoms with van der Waals surface area (Å²) in [6.07, 6.45) is 1.23. The second-order valence-corrected chi connectivity index (χ2v) is 5.63. The maximum atomic E-state index is 13.5. The highest BCUT2D eigenvalue weighted by Crippen LogP contribution is 2.30. The minimum Gasteiger partial charge on any atom is -0.298 e. The predicted octanol–water partition coefficient (Wildman–Crippen LogP) is 3.87. The molecule has 0 amide bonds. The number of carbonyl (C=O) groups is 1. The Bertz CT molecular complexity index is 652. The zero-order valence-corrected chi connectivity index (χ0v) is 12.1. The zero-order chi connectivity index (χ0) is 15.5. The van der Waals surface area contributed by atoms with Gasteiger partial charge in [-0.15, -0.1) is 0 Å². The lowest BCUT2D eigenvalue weighted by Gasteiger charge is -2.35. The average molecular weight is 301 g/mol. The van der Waals surface area contributed by atoms with Crippen LogP contribution in [-0.4, -0.2) is 17.2 Å². The first-order chi connectivity index (χ1) is 10.6. The smallest absolute Gasteiger partial charge is 0.154 e. The quantitative estimate of drug-likeness (QED) is 0.857. The van der Waals surface area contributed by atoms with Gasteiger partial charge >= 0.3 is 0 Å². The van der Waals surface area contributed by atoms with E-state index >= 15 is 0 Å². The van der Waals surface area contributed by atoms with Crippen molar-refractivity contribution in [2.45, 2.75) is 25.4 Å². The lowest BCUT2D eigenvalue weighted by molar-refractivity contribution is -0.127. The zero-order valence-electron chi connectivity index (χ0n) is 12.1. The van der Waals surface area contributed by atoms with E-state index in [-0.39, 0.29) is 5.78 Å². The Labute approximate surface area is 128 Å². The van der Waals surface area contributed by atoms with E-state index in [2.05, 4.69) is 0 Å². The van der Waals surface area contributed by atoms with Crippen molar-refractivity contribution in [3.63, 3.8) is 0 Å². The number of piperidine rings is 1. The molecule has 1 saturated heterocycles. The lowest BCUT2D eigenvalue weighted by Crippen LogP contribution is -2.38. The standard InChI is InChI=1S/C18H17F2NO/c19-15-9-14(10-16(20)11-15)18-17(22)7-4-8-21(18)12-13-5-2-1-3-6-13/h1-3,5-6,9-11,18H,4,7-8,12H2. The van der Waals surface area contributed by atoms with Gasteiger partial charge in [-0.1, -0.05) is 30.3 Å². The fourth-order valence-electron chi connectivity index (χ4n) is 3.04. The highest BCUT2D eigenvalue weighted by molar-refractivity contribution is 5.86. The number of hydrogen-bond donors (Lipinski definition) is 0. The number of Topliss-reactive ketones (excluding diaryl/α,β-unsaturated/α-hetero) is 1. The summed E-state index contributed by atoms with van der Waals surface area (Å²) >= 11 is 0. The van der Waals surface area contributed by atoms with Crippen LogP contribution in [0.1, 0.15) is 30.0 Å². The van der Waals surface area contributed by atoms with Gasteiger partial charge < -0.3 is 0 Å². The van der Waals surface area contributed by atoms with E-state index in [9.17, 15) is 13.6 Å². The number of ketones is 1. The molecule has 114 valence electrons. The van der Waals surface area contributed by atoms with Crippen molar-refractivity contribution in [2.75, 3.05) is 6.54 Å². The largest absolute Gasteiger partial charge is 0.298 e. The minimum atomic E-state index is -0.645. The van der Waals surface area contributed by atoms with Gasteiger partial charge in [0.2, 0.25) is 0 Å². The minimum absolute atomic E-state index is 0.0205. The van der Waals surface area contributed by atoms with E-state index in [1.807, 2.05) is 35.2 Å². The van der Waals surface area contributed by atoms with E-state index in [0.717, 1.165) is 24.6 Å². The summed E-state index contributed by atoms with van der Waals surface area (Å²) in [6, 6.07) is 12.6. The van der Waals surface area contributed by atoms with Crippen molar-refractivity contribution >= 4 is 5.78 Å². The summed E-state index contributed by atoms with van der Waals surface area (Å²) in [5, 5.41) is 0. The molecule has 0 N–H and O–H groups in total. The van der Waals surface area contributed by atoms with Gasteiger partial charge in [-0.2, -0.15) is 0 Å². The maximum Gasteiger partial charge on any atom is 0.154 e. The van der Waals surface area contributed by atoms with Crippen molar-refractivity contribution in [1.29, 1.82) is 0 Å². The van der Waals surface area contributed by atoms with Crippen LogP contribution in [0.15, 0.2) is 48.5 Å². The summed E-state index contributed by atoms with van der Waals surface area (Å²) in [6.45, 7) is 1.33. The predicted molar refractivity (Wildman–Crippen MR) is 80.2 cm³/mol. The topological polar surface area (TPSA) is 20.3 Å². The number of likely N-dealkylation sites (tertiary alicyclic amines) is 1. The van der Waals surface area contributed by atoms with Crippen LogP contribution in [-0.2, 0) is 11.3 Å². The Morgan fingerprint density at radius 1 is 1.05 bits per heavy atom. The molecule has 1 aliphatic heterocycles. The molecule has 0 spiro atoms. The monoisotopic (exact) mass is 301 g/mol. The van der Waals surface area contributed by atoms with Gasteiger partial charge in [-0.05, 0) is 36.2 Å². The van der Waals surface area contributed by atoms with Crippen LogP contribution in [0, 0.1) is 11.6 Å². The third kappa shape index (κ3) is 3.22. The third-order valence-corrected chi connectivity index (χ3v) is 3.97. The molecule has 2 aromatic carbocycles. The van der Waals surface area contributed by atoms with Crippen molar-refractivity contribution in [2.24, 2.45) is 0 Å². The van der Waals surface area contributed by atoms with Gasteiger partial charge in [0.25, 0.3) is 0 Å². The van der Waals surface area contributed by atoms with Crippen molar-refractivity contribution in [3.05, 3.63) is 71.3 Å². The summed E-state index contributed by atoms with van der Waals surface area (Å²) in [7, 11) is 0. The van der Waals surface area contributed by atoms with Crippen molar-refractivity contribution < 1.29 is 13.6 Å². The van der Waals surface area contributed by atoms with Gasteiger partial charge in [0.05, 0.1) is 6.04 Å². The van der Waals surface area contributed by atoms with E-state index in [0.29, 0.717) is 18.5 Å². The number of carbonyl (C=O) groups excluding carboxylic acids is 1. The number of halogens is 2. The molecule has 1 heterocycles. The molecule has 0 bridgehead atoms. The Hall–Kier alpha value is -2.07. The van der Waals surface area contributed by atoms with Crippen LogP contribution in [0.25, 0.3) is 0 Å². The van der Waals surface area contributed by atoms with Crippen molar-refractivity contribution in [1.82, 2.24) is 4.90 Å². The van der Waals surface area contributed by atoms with E-state index in [1.165, 1.54) is 12.1 Å². The normalized spacial score (nSPS) is 19.4. The highest BCUT2D eigenvalue weighted by Gasteiger charge is 2.31. The number of hydrogen-bond acceptors (Lipinski definition) is 2. The molecule has 3 rings (SSSR count). The van der Waals surface area contributed by atoms with E-state index in [1.54, 1.807) is 0 Å². The van der Waals surface area contributed by atoms with Gasteiger partial charge in [0.15, 0.2) is 5.78 Å². The fraction of sp³-hybridized carbons (Fsp3) is 0.278. The van der Waals surface area contributed by atoms with Crippen molar-refractivity contribution in [3.8, 4) is 0 Å². The number of benzene rings is 2.